The lowest BCUT2D eigenvalue weighted by molar-refractivity contribution is 0.243. The van der Waals surface area contributed by atoms with Crippen molar-refractivity contribution in [3.8, 4) is 5.75 Å². The zero-order valence-corrected chi connectivity index (χ0v) is 21.0. The summed E-state index contributed by atoms with van der Waals surface area (Å²) in [5.74, 6) is 1.75. The van der Waals surface area contributed by atoms with E-state index in [0.29, 0.717) is 16.8 Å². The van der Waals surface area contributed by atoms with Gasteiger partial charge in [-0.3, -0.25) is 0 Å². The highest BCUT2D eigenvalue weighted by Crippen LogP contribution is 2.35. The Morgan fingerprint density at radius 2 is 1.76 bits per heavy atom. The molecule has 0 saturated carbocycles. The molecule has 0 radical (unpaired) electrons. The zero-order chi connectivity index (χ0) is 24.0. The number of aryl methyl sites for hydroxylation is 2. The Labute approximate surface area is 202 Å². The number of nitrogens with one attached hydrogen (secondary N) is 3. The van der Waals surface area contributed by atoms with Gasteiger partial charge in [0.2, 0.25) is 5.95 Å². The van der Waals surface area contributed by atoms with Crippen LogP contribution in [0.1, 0.15) is 56.8 Å². The summed E-state index contributed by atoms with van der Waals surface area (Å²) in [4.78, 5) is 9.01. The number of ether oxygens (including phenoxy) is 1. The van der Waals surface area contributed by atoms with E-state index in [9.17, 15) is 0 Å². The third-order valence-corrected chi connectivity index (χ3v) is 5.63. The van der Waals surface area contributed by atoms with Gasteiger partial charge in [0.1, 0.15) is 10.8 Å². The van der Waals surface area contributed by atoms with Crippen molar-refractivity contribution < 1.29 is 4.74 Å². The summed E-state index contributed by atoms with van der Waals surface area (Å²) >= 11 is 6.38. The van der Waals surface area contributed by atoms with Crippen LogP contribution in [-0.2, 0) is 0 Å². The predicted octanol–water partition coefficient (Wildman–Crippen LogP) is 7.08. The summed E-state index contributed by atoms with van der Waals surface area (Å²) in [5, 5.41) is 10.7. The van der Waals surface area contributed by atoms with Gasteiger partial charge in [-0.15, -0.1) is 0 Å². The van der Waals surface area contributed by atoms with Crippen molar-refractivity contribution in [3.63, 3.8) is 0 Å². The van der Waals surface area contributed by atoms with E-state index in [-0.39, 0.29) is 12.1 Å². The fourth-order valence-corrected chi connectivity index (χ4v) is 3.86. The molecule has 1 aromatic heterocycles. The van der Waals surface area contributed by atoms with Crippen LogP contribution in [0.5, 0.6) is 5.75 Å². The van der Waals surface area contributed by atoms with E-state index >= 15 is 0 Å². The van der Waals surface area contributed by atoms with Crippen LogP contribution < -0.4 is 20.7 Å². The Bertz CT molecular complexity index is 1090. The van der Waals surface area contributed by atoms with Crippen LogP contribution in [0.2, 0.25) is 5.02 Å². The van der Waals surface area contributed by atoms with Crippen molar-refractivity contribution >= 4 is 34.7 Å². The summed E-state index contributed by atoms with van der Waals surface area (Å²) in [7, 11) is 0. The second-order valence-corrected chi connectivity index (χ2v) is 8.75. The minimum absolute atomic E-state index is 0.0322. The maximum atomic E-state index is 6.38. The molecule has 0 saturated heterocycles. The first kappa shape index (κ1) is 24.8. The van der Waals surface area contributed by atoms with Crippen molar-refractivity contribution in [2.24, 2.45) is 0 Å². The van der Waals surface area contributed by atoms with Crippen LogP contribution in [0.25, 0.3) is 0 Å². The van der Waals surface area contributed by atoms with E-state index in [4.69, 9.17) is 16.3 Å². The lowest BCUT2D eigenvalue weighted by Crippen LogP contribution is -2.21. The maximum absolute atomic E-state index is 6.38. The molecule has 2 aromatic carbocycles. The molecular formula is C26H34ClN5O. The smallest absolute Gasteiger partial charge is 0.229 e. The normalized spacial score (nSPS) is 12.0. The average Bonchev–Trinajstić information content (AvgIpc) is 2.77. The highest BCUT2D eigenvalue weighted by Gasteiger charge is 2.17. The zero-order valence-electron chi connectivity index (χ0n) is 20.3. The molecule has 0 fully saturated rings. The second-order valence-electron chi connectivity index (χ2n) is 8.35. The van der Waals surface area contributed by atoms with Gasteiger partial charge in [-0.2, -0.15) is 4.98 Å². The van der Waals surface area contributed by atoms with E-state index in [2.05, 4.69) is 58.8 Å². The molecule has 3 rings (SSSR count). The van der Waals surface area contributed by atoms with E-state index in [0.717, 1.165) is 35.7 Å². The van der Waals surface area contributed by atoms with Crippen LogP contribution in [0.15, 0.2) is 42.6 Å². The number of anilines is 4. The standard InChI is InChI=1S/C26H34ClN5O/c1-7-21(28-8-2)19-14-24(33-16(3)4)23(13-18(19)6)31-26-29-15-20(27)25(32-26)30-22-12-10-9-11-17(22)5/h9-16,21,28H,7-8H2,1-6H3,(H2,29,30,31,32). The van der Waals surface area contributed by atoms with Crippen LogP contribution in [0, 0.1) is 13.8 Å². The molecule has 33 heavy (non-hydrogen) atoms. The number of hydrogen-bond acceptors (Lipinski definition) is 6. The minimum Gasteiger partial charge on any atom is -0.489 e. The first-order valence-electron chi connectivity index (χ1n) is 11.5. The quantitative estimate of drug-likeness (QED) is 0.296. The SMILES string of the molecule is CCNC(CC)c1cc(OC(C)C)c(Nc2ncc(Cl)c(Nc3ccccc3C)n2)cc1C. The molecule has 0 amide bonds. The summed E-state index contributed by atoms with van der Waals surface area (Å²) in [6.07, 6.45) is 2.63. The lowest BCUT2D eigenvalue weighted by atomic mass is 9.98. The number of rotatable bonds is 10. The molecule has 1 unspecified atom stereocenters. The number of halogens is 1. The molecule has 0 aliphatic heterocycles. The van der Waals surface area contributed by atoms with E-state index < -0.39 is 0 Å². The summed E-state index contributed by atoms with van der Waals surface area (Å²) in [6.45, 7) is 13.4. The van der Waals surface area contributed by atoms with Gasteiger partial charge >= 0.3 is 0 Å². The lowest BCUT2D eigenvalue weighted by Gasteiger charge is -2.23. The Morgan fingerprint density at radius 3 is 2.42 bits per heavy atom. The van der Waals surface area contributed by atoms with Crippen LogP contribution in [-0.4, -0.2) is 22.6 Å². The fourth-order valence-electron chi connectivity index (χ4n) is 3.73. The number of nitrogens with zero attached hydrogens (tertiary/aromatic N) is 2. The molecule has 6 nitrogen and oxygen atoms in total. The molecule has 0 bridgehead atoms. The summed E-state index contributed by atoms with van der Waals surface area (Å²) in [5.41, 5.74) is 5.28. The molecule has 0 aliphatic carbocycles. The van der Waals surface area contributed by atoms with Gasteiger partial charge in [-0.1, -0.05) is 43.6 Å². The first-order valence-corrected chi connectivity index (χ1v) is 11.9. The van der Waals surface area contributed by atoms with Gasteiger partial charge in [0.15, 0.2) is 5.82 Å². The molecular weight excluding hydrogens is 434 g/mol. The molecule has 176 valence electrons. The van der Waals surface area contributed by atoms with Crippen molar-refractivity contribution in [1.82, 2.24) is 15.3 Å². The van der Waals surface area contributed by atoms with Crippen molar-refractivity contribution in [1.29, 1.82) is 0 Å². The highest BCUT2D eigenvalue weighted by molar-refractivity contribution is 6.32. The number of aromatic nitrogens is 2. The van der Waals surface area contributed by atoms with Gasteiger partial charge < -0.3 is 20.7 Å². The molecule has 3 N–H and O–H groups in total. The van der Waals surface area contributed by atoms with Crippen molar-refractivity contribution in [2.75, 3.05) is 17.2 Å². The van der Waals surface area contributed by atoms with Gasteiger partial charge in [0.05, 0.1) is 18.0 Å². The van der Waals surface area contributed by atoms with Crippen LogP contribution >= 0.6 is 11.6 Å². The number of hydrogen-bond donors (Lipinski definition) is 3. The van der Waals surface area contributed by atoms with Gasteiger partial charge in [0.25, 0.3) is 0 Å². The Morgan fingerprint density at radius 1 is 1.00 bits per heavy atom. The topological polar surface area (TPSA) is 71.1 Å². The Balaban J connectivity index is 1.95. The van der Waals surface area contributed by atoms with E-state index in [1.165, 1.54) is 11.1 Å². The van der Waals surface area contributed by atoms with Crippen LogP contribution in [0.4, 0.5) is 23.1 Å². The molecule has 7 heteroatoms. The molecule has 0 aliphatic rings. The summed E-state index contributed by atoms with van der Waals surface area (Å²) in [6, 6.07) is 12.5. The number of benzene rings is 2. The van der Waals surface area contributed by atoms with Gasteiger partial charge in [-0.05, 0) is 75.5 Å². The second kappa shape index (κ2) is 11.3. The predicted molar refractivity (Wildman–Crippen MR) is 138 cm³/mol. The Hall–Kier alpha value is -2.83. The highest BCUT2D eigenvalue weighted by atomic mass is 35.5. The monoisotopic (exact) mass is 467 g/mol. The fraction of sp³-hybridized carbons (Fsp3) is 0.385. The third kappa shape index (κ3) is 6.36. The van der Waals surface area contributed by atoms with Crippen molar-refractivity contribution in [3.05, 3.63) is 64.3 Å². The first-order chi connectivity index (χ1) is 15.8. The number of para-hydroxylation sites is 1. The third-order valence-electron chi connectivity index (χ3n) is 5.35. The van der Waals surface area contributed by atoms with Crippen molar-refractivity contribution in [2.45, 2.75) is 60.1 Å². The molecule has 0 spiro atoms. The van der Waals surface area contributed by atoms with E-state index in [1.807, 2.05) is 45.0 Å². The van der Waals surface area contributed by atoms with E-state index in [1.54, 1.807) is 6.20 Å². The Kier molecular flexibility index (Phi) is 8.53. The molecule has 3 aromatic rings. The minimum atomic E-state index is 0.0322. The van der Waals surface area contributed by atoms with Crippen LogP contribution in [0.3, 0.4) is 0 Å². The largest absolute Gasteiger partial charge is 0.489 e. The molecule has 1 heterocycles. The summed E-state index contributed by atoms with van der Waals surface area (Å²) < 4.78 is 6.16. The molecule has 1 atom stereocenters. The van der Waals surface area contributed by atoms with Gasteiger partial charge in [-0.25, -0.2) is 4.98 Å². The average molecular weight is 468 g/mol. The maximum Gasteiger partial charge on any atom is 0.229 e. The van der Waals surface area contributed by atoms with Gasteiger partial charge in [0, 0.05) is 11.7 Å².